The van der Waals surface area contributed by atoms with Crippen molar-refractivity contribution in [3.63, 3.8) is 0 Å². The first-order valence-corrected chi connectivity index (χ1v) is 5.11. The van der Waals surface area contributed by atoms with Gasteiger partial charge in [0, 0.05) is 0 Å². The molecule has 0 spiro atoms. The highest BCUT2D eigenvalue weighted by molar-refractivity contribution is 5.29. The molecule has 0 radical (unpaired) electrons. The maximum Gasteiger partial charge on any atom is 0.126 e. The van der Waals surface area contributed by atoms with Gasteiger partial charge in [0.15, 0.2) is 0 Å². The van der Waals surface area contributed by atoms with Crippen LogP contribution in [-0.2, 0) is 0 Å². The van der Waals surface area contributed by atoms with E-state index >= 15 is 0 Å². The van der Waals surface area contributed by atoms with Crippen molar-refractivity contribution in [1.82, 2.24) is 0 Å². The second kappa shape index (κ2) is 3.70. The van der Waals surface area contributed by atoms with Crippen molar-refractivity contribution in [3.05, 3.63) is 35.1 Å². The largest absolute Gasteiger partial charge is 0.388 e. The molecule has 1 unspecified atom stereocenters. The Morgan fingerprint density at radius 2 is 2.21 bits per heavy atom. The summed E-state index contributed by atoms with van der Waals surface area (Å²) in [5, 5.41) is 9.87. The van der Waals surface area contributed by atoms with Gasteiger partial charge in [0.25, 0.3) is 0 Å². The molecule has 2 heteroatoms. The smallest absolute Gasteiger partial charge is 0.126 e. The maximum absolute atomic E-state index is 13.2. The number of hydrogen-bond donors (Lipinski definition) is 1. The summed E-state index contributed by atoms with van der Waals surface area (Å²) in [4.78, 5) is 0. The normalized spacial score (nSPS) is 18.2. The fourth-order valence-electron chi connectivity index (χ4n) is 1.78. The minimum atomic E-state index is -0.488. The molecule has 0 amide bonds. The van der Waals surface area contributed by atoms with Crippen LogP contribution in [0.15, 0.2) is 18.2 Å². The molecule has 0 heterocycles. The summed E-state index contributed by atoms with van der Waals surface area (Å²) in [6.07, 6.45) is 2.72. The molecule has 76 valence electrons. The lowest BCUT2D eigenvalue weighted by molar-refractivity contribution is 0.159. The molecule has 0 bridgehead atoms. The van der Waals surface area contributed by atoms with Gasteiger partial charge in [0.2, 0.25) is 0 Å². The molecule has 1 atom stereocenters. The summed E-state index contributed by atoms with van der Waals surface area (Å²) in [5.74, 6) is 0.435. The Bertz CT molecular complexity index is 331. The molecule has 1 N–H and O–H groups in total. The zero-order valence-corrected chi connectivity index (χ0v) is 8.33. The molecule has 1 saturated carbocycles. The Hall–Kier alpha value is -0.890. The van der Waals surface area contributed by atoms with Crippen molar-refractivity contribution in [3.8, 4) is 0 Å². The van der Waals surface area contributed by atoms with Crippen LogP contribution in [0, 0.1) is 18.7 Å². The van der Waals surface area contributed by atoms with Crippen LogP contribution >= 0.6 is 0 Å². The number of aliphatic hydroxyl groups is 1. The predicted molar refractivity (Wildman–Crippen MR) is 53.4 cm³/mol. The quantitative estimate of drug-likeness (QED) is 0.784. The lowest BCUT2D eigenvalue weighted by Crippen LogP contribution is -2.02. The van der Waals surface area contributed by atoms with Crippen LogP contribution in [0.2, 0.25) is 0 Å². The van der Waals surface area contributed by atoms with E-state index in [2.05, 4.69) is 0 Å². The average Bonchev–Trinajstić information content (AvgIpc) is 2.93. The molecule has 1 aromatic rings. The van der Waals surface area contributed by atoms with Gasteiger partial charge >= 0.3 is 0 Å². The summed E-state index contributed by atoms with van der Waals surface area (Å²) in [6.45, 7) is 1.72. The summed E-state index contributed by atoms with van der Waals surface area (Å²) >= 11 is 0. The molecular weight excluding hydrogens is 179 g/mol. The van der Waals surface area contributed by atoms with E-state index in [1.807, 2.05) is 6.07 Å². The molecule has 1 nitrogen and oxygen atoms in total. The van der Waals surface area contributed by atoms with Crippen molar-refractivity contribution in [2.45, 2.75) is 32.3 Å². The van der Waals surface area contributed by atoms with Crippen molar-refractivity contribution < 1.29 is 9.50 Å². The van der Waals surface area contributed by atoms with Gasteiger partial charge in [0.1, 0.15) is 5.82 Å². The predicted octanol–water partition coefficient (Wildman–Crippen LogP) is 2.97. The van der Waals surface area contributed by atoms with Gasteiger partial charge in [-0.15, -0.1) is 0 Å². The first-order chi connectivity index (χ1) is 6.68. The topological polar surface area (TPSA) is 20.2 Å². The third-order valence-corrected chi connectivity index (χ3v) is 2.92. The van der Waals surface area contributed by atoms with E-state index in [4.69, 9.17) is 0 Å². The summed E-state index contributed by atoms with van der Waals surface area (Å²) in [7, 11) is 0. The minimum absolute atomic E-state index is 0.225. The molecule has 1 aliphatic carbocycles. The zero-order chi connectivity index (χ0) is 10.1. The van der Waals surface area contributed by atoms with Gasteiger partial charge < -0.3 is 5.11 Å². The van der Waals surface area contributed by atoms with Gasteiger partial charge in [-0.05, 0) is 36.5 Å². The first kappa shape index (κ1) is 9.66. The fourth-order valence-corrected chi connectivity index (χ4v) is 1.78. The van der Waals surface area contributed by atoms with Crippen molar-refractivity contribution in [2.24, 2.45) is 5.92 Å². The molecule has 14 heavy (non-hydrogen) atoms. The molecule has 0 saturated heterocycles. The van der Waals surface area contributed by atoms with Gasteiger partial charge in [-0.3, -0.25) is 0 Å². The number of aliphatic hydroxyl groups excluding tert-OH is 1. The third kappa shape index (κ3) is 1.95. The number of hydrogen-bond acceptors (Lipinski definition) is 1. The molecule has 1 aromatic carbocycles. The van der Waals surface area contributed by atoms with Crippen molar-refractivity contribution >= 4 is 0 Å². The summed E-state index contributed by atoms with van der Waals surface area (Å²) < 4.78 is 13.2. The van der Waals surface area contributed by atoms with E-state index < -0.39 is 6.10 Å². The second-order valence-corrected chi connectivity index (χ2v) is 4.15. The molecule has 2 rings (SSSR count). The first-order valence-electron chi connectivity index (χ1n) is 5.11. The van der Waals surface area contributed by atoms with E-state index in [0.717, 1.165) is 12.0 Å². The van der Waals surface area contributed by atoms with Crippen LogP contribution in [0.3, 0.4) is 0 Å². The Balaban J connectivity index is 2.16. The second-order valence-electron chi connectivity index (χ2n) is 4.15. The Kier molecular flexibility index (Phi) is 2.55. The minimum Gasteiger partial charge on any atom is -0.388 e. The molecule has 0 aromatic heterocycles. The van der Waals surface area contributed by atoms with E-state index in [0.29, 0.717) is 11.5 Å². The number of benzene rings is 1. The lowest BCUT2D eigenvalue weighted by Gasteiger charge is -2.13. The number of rotatable bonds is 3. The van der Waals surface area contributed by atoms with Gasteiger partial charge in [-0.25, -0.2) is 4.39 Å². The van der Waals surface area contributed by atoms with Crippen LogP contribution in [0.25, 0.3) is 0 Å². The Labute approximate surface area is 83.6 Å². The van der Waals surface area contributed by atoms with Crippen molar-refractivity contribution in [1.29, 1.82) is 0 Å². The fraction of sp³-hybridized carbons (Fsp3) is 0.500. The van der Waals surface area contributed by atoms with Crippen LogP contribution in [-0.4, -0.2) is 5.11 Å². The highest BCUT2D eigenvalue weighted by Crippen LogP contribution is 2.38. The third-order valence-electron chi connectivity index (χ3n) is 2.92. The zero-order valence-electron chi connectivity index (χ0n) is 8.33. The summed E-state index contributed by atoms with van der Waals surface area (Å²) in [5.41, 5.74) is 1.33. The lowest BCUT2D eigenvalue weighted by atomic mass is 9.99. The monoisotopic (exact) mass is 194 g/mol. The Morgan fingerprint density at radius 1 is 1.50 bits per heavy atom. The number of halogens is 1. The van der Waals surface area contributed by atoms with Crippen LogP contribution < -0.4 is 0 Å². The SMILES string of the molecule is Cc1c(F)cccc1C(O)CC1CC1. The van der Waals surface area contributed by atoms with E-state index in [1.54, 1.807) is 13.0 Å². The standard InChI is InChI=1S/C12H15FO/c1-8-10(3-2-4-11(8)13)12(14)7-9-5-6-9/h2-4,9,12,14H,5-7H2,1H3. The van der Waals surface area contributed by atoms with E-state index in [1.165, 1.54) is 18.9 Å². The van der Waals surface area contributed by atoms with Crippen LogP contribution in [0.4, 0.5) is 4.39 Å². The van der Waals surface area contributed by atoms with Crippen LogP contribution in [0.1, 0.15) is 36.5 Å². The Morgan fingerprint density at radius 3 is 2.86 bits per heavy atom. The molecular formula is C12H15FO. The molecule has 1 fully saturated rings. The van der Waals surface area contributed by atoms with Gasteiger partial charge in [-0.2, -0.15) is 0 Å². The highest BCUT2D eigenvalue weighted by atomic mass is 19.1. The highest BCUT2D eigenvalue weighted by Gasteiger charge is 2.26. The van der Waals surface area contributed by atoms with Gasteiger partial charge in [-0.1, -0.05) is 25.0 Å². The maximum atomic E-state index is 13.2. The summed E-state index contributed by atoms with van der Waals surface area (Å²) in [6, 6.07) is 4.90. The van der Waals surface area contributed by atoms with Crippen molar-refractivity contribution in [2.75, 3.05) is 0 Å². The van der Waals surface area contributed by atoms with Gasteiger partial charge in [0.05, 0.1) is 6.10 Å². The van der Waals surface area contributed by atoms with E-state index in [-0.39, 0.29) is 5.82 Å². The van der Waals surface area contributed by atoms with E-state index in [9.17, 15) is 9.50 Å². The molecule has 0 aliphatic heterocycles. The average molecular weight is 194 g/mol. The van der Waals surface area contributed by atoms with Crippen LogP contribution in [0.5, 0.6) is 0 Å². The molecule has 1 aliphatic rings.